The molecule has 32 heavy (non-hydrogen) atoms. The molecule has 1 N–H and O–H groups in total. The van der Waals surface area contributed by atoms with Crippen LogP contribution in [0.2, 0.25) is 0 Å². The first kappa shape index (κ1) is 22.3. The monoisotopic (exact) mass is 444 g/mol. The number of nitrogens with zero attached hydrogens (tertiary/aromatic N) is 2. The Labute approximate surface area is 196 Å². The van der Waals surface area contributed by atoms with Crippen molar-refractivity contribution in [3.8, 4) is 0 Å². The number of aliphatic hydroxyl groups excluding tert-OH is 1. The largest absolute Gasteiger partial charge is 0.393 e. The van der Waals surface area contributed by atoms with Crippen LogP contribution >= 0.6 is 0 Å². The normalized spacial score (nSPS) is 60.1. The zero-order valence-corrected chi connectivity index (χ0v) is 21.8. The van der Waals surface area contributed by atoms with Crippen LogP contribution < -0.4 is 0 Å². The van der Waals surface area contributed by atoms with Gasteiger partial charge in [-0.1, -0.05) is 20.8 Å². The van der Waals surface area contributed by atoms with E-state index in [2.05, 4.69) is 58.6 Å². The summed E-state index contributed by atoms with van der Waals surface area (Å²) >= 11 is 0. The van der Waals surface area contributed by atoms with Gasteiger partial charge in [0.25, 0.3) is 0 Å². The minimum atomic E-state index is -0.154. The van der Waals surface area contributed by atoms with Crippen LogP contribution in [-0.2, 0) is 4.74 Å². The van der Waals surface area contributed by atoms with Gasteiger partial charge in [0.05, 0.1) is 19.4 Å². The van der Waals surface area contributed by atoms with E-state index < -0.39 is 0 Å². The van der Waals surface area contributed by atoms with E-state index in [4.69, 9.17) is 4.74 Å². The van der Waals surface area contributed by atoms with Gasteiger partial charge in [-0.25, -0.2) is 0 Å². The Morgan fingerprint density at radius 2 is 1.66 bits per heavy atom. The van der Waals surface area contributed by atoms with E-state index >= 15 is 0 Å². The van der Waals surface area contributed by atoms with Crippen LogP contribution in [0.25, 0.3) is 0 Å². The molecule has 1 saturated heterocycles. The van der Waals surface area contributed by atoms with Crippen molar-refractivity contribution in [2.75, 3.05) is 34.5 Å². The Hall–Kier alpha value is -0.160. The molecular weight excluding hydrogens is 396 g/mol. The third-order valence-corrected chi connectivity index (χ3v) is 13.5. The smallest absolute Gasteiger partial charge is 0.0990 e. The van der Waals surface area contributed by atoms with E-state index in [1.54, 1.807) is 0 Å². The van der Waals surface area contributed by atoms with Gasteiger partial charge >= 0.3 is 0 Å². The average Bonchev–Trinajstić information content (AvgIpc) is 3.32. The van der Waals surface area contributed by atoms with Crippen LogP contribution in [-0.4, -0.2) is 67.6 Å². The molecule has 6 fully saturated rings. The summed E-state index contributed by atoms with van der Waals surface area (Å²) in [5, 5.41) is 11.5. The Balaban J connectivity index is 1.36. The second kappa shape index (κ2) is 6.53. The fraction of sp³-hybridized carbons (Fsp3) is 1.00. The van der Waals surface area contributed by atoms with Gasteiger partial charge in [0.1, 0.15) is 0 Å². The van der Waals surface area contributed by atoms with Crippen molar-refractivity contribution in [1.82, 2.24) is 9.80 Å². The van der Waals surface area contributed by atoms with E-state index in [1.807, 2.05) is 0 Å². The molecule has 11 atom stereocenters. The maximum atomic E-state index is 11.5. The lowest BCUT2D eigenvalue weighted by Crippen LogP contribution is -2.63. The van der Waals surface area contributed by atoms with E-state index in [-0.39, 0.29) is 16.9 Å². The fourth-order valence-electron chi connectivity index (χ4n) is 11.9. The van der Waals surface area contributed by atoms with Crippen LogP contribution in [0.4, 0.5) is 0 Å². The van der Waals surface area contributed by atoms with Gasteiger partial charge in [0.15, 0.2) is 0 Å². The number of rotatable bonds is 2. The first-order chi connectivity index (χ1) is 15.0. The number of ether oxygens (including phenoxy) is 1. The van der Waals surface area contributed by atoms with E-state index in [0.29, 0.717) is 34.2 Å². The van der Waals surface area contributed by atoms with Crippen LogP contribution in [0.5, 0.6) is 0 Å². The molecule has 0 aromatic carbocycles. The van der Waals surface area contributed by atoms with Gasteiger partial charge < -0.3 is 14.7 Å². The molecule has 6 rings (SSSR count). The summed E-state index contributed by atoms with van der Waals surface area (Å²) in [6.07, 6.45) is 10.6. The van der Waals surface area contributed by atoms with Crippen molar-refractivity contribution in [3.05, 3.63) is 0 Å². The summed E-state index contributed by atoms with van der Waals surface area (Å²) in [6.45, 7) is 11.9. The second-order valence-electron chi connectivity index (χ2n) is 14.3. The summed E-state index contributed by atoms with van der Waals surface area (Å²) in [4.78, 5) is 4.86. The Morgan fingerprint density at radius 3 is 2.38 bits per heavy atom. The zero-order chi connectivity index (χ0) is 22.9. The quantitative estimate of drug-likeness (QED) is 0.674. The zero-order valence-electron chi connectivity index (χ0n) is 21.8. The predicted octanol–water partition coefficient (Wildman–Crippen LogP) is 4.61. The molecule has 2 spiro atoms. The molecule has 5 saturated carbocycles. The molecular formula is C28H48N2O2. The van der Waals surface area contributed by atoms with Gasteiger partial charge in [0, 0.05) is 23.4 Å². The number of fused-ring (bicyclic) bond motifs is 4. The topological polar surface area (TPSA) is 35.9 Å². The number of aliphatic hydroxyl groups is 1. The molecule has 0 amide bonds. The van der Waals surface area contributed by atoms with Crippen molar-refractivity contribution in [3.63, 3.8) is 0 Å². The molecule has 1 aliphatic heterocycles. The third kappa shape index (κ3) is 2.30. The highest BCUT2D eigenvalue weighted by molar-refractivity contribution is 5.32. The van der Waals surface area contributed by atoms with Crippen LogP contribution in [0.3, 0.4) is 0 Å². The summed E-state index contributed by atoms with van der Waals surface area (Å²) in [6, 6.07) is 1.13. The SMILES string of the molecule is C[C@@H]([C@H]1[C@H](O)C[C@@]2(C)[C@@H]3CC[C@H]4[C@@]5(C)COCN(C)[C@H]5CC[C@@]45C[C@@]35CC[C@]12C)N(C)C. The molecule has 0 aromatic heterocycles. The van der Waals surface area contributed by atoms with Crippen molar-refractivity contribution < 1.29 is 9.84 Å². The highest BCUT2D eigenvalue weighted by Gasteiger charge is 2.83. The first-order valence-corrected chi connectivity index (χ1v) is 13.6. The van der Waals surface area contributed by atoms with Gasteiger partial charge in [-0.15, -0.1) is 0 Å². The first-order valence-electron chi connectivity index (χ1n) is 13.6. The Kier molecular flexibility index (Phi) is 4.55. The van der Waals surface area contributed by atoms with Gasteiger partial charge in [-0.3, -0.25) is 4.90 Å². The van der Waals surface area contributed by atoms with Crippen LogP contribution in [0, 0.1) is 44.8 Å². The molecule has 4 nitrogen and oxygen atoms in total. The van der Waals surface area contributed by atoms with Crippen molar-refractivity contribution >= 4 is 0 Å². The molecule has 0 aromatic rings. The van der Waals surface area contributed by atoms with Crippen molar-refractivity contribution in [2.24, 2.45) is 44.8 Å². The highest BCUT2D eigenvalue weighted by Crippen LogP contribution is 2.89. The van der Waals surface area contributed by atoms with E-state index in [0.717, 1.165) is 31.6 Å². The maximum Gasteiger partial charge on any atom is 0.0990 e. The minimum Gasteiger partial charge on any atom is -0.393 e. The number of hydrogen-bond donors (Lipinski definition) is 1. The van der Waals surface area contributed by atoms with E-state index in [1.165, 1.54) is 44.9 Å². The Bertz CT molecular complexity index is 802. The molecule has 0 unspecified atom stereocenters. The third-order valence-electron chi connectivity index (χ3n) is 13.5. The molecule has 1 heterocycles. The Morgan fingerprint density at radius 1 is 0.969 bits per heavy atom. The number of hydrogen-bond acceptors (Lipinski definition) is 4. The summed E-state index contributed by atoms with van der Waals surface area (Å²) in [7, 11) is 6.68. The minimum absolute atomic E-state index is 0.154. The second-order valence-corrected chi connectivity index (χ2v) is 14.3. The molecule has 4 heteroatoms. The lowest BCUT2D eigenvalue weighted by molar-refractivity contribution is -0.202. The van der Waals surface area contributed by atoms with E-state index in [9.17, 15) is 5.11 Å². The standard InChI is InChI=1S/C28H48N2O2/c1-18(29(5)6)23-19(31)14-26(4)21-9-8-20-24(2)16-32-17-30(7)22(24)10-11-27(20)15-28(21,27)13-12-25(23,26)3/h18-23,31H,8-17H2,1-7H3/t18-,19+,20-,21-,22-,23-,24+,25+,26-,27+,28-/m0/s1. The van der Waals surface area contributed by atoms with Gasteiger partial charge in [-0.05, 0) is 113 Å². The summed E-state index contributed by atoms with van der Waals surface area (Å²) < 4.78 is 6.17. The van der Waals surface area contributed by atoms with Crippen molar-refractivity contribution in [1.29, 1.82) is 0 Å². The average molecular weight is 445 g/mol. The lowest BCUT2D eigenvalue weighted by Gasteiger charge is -2.65. The summed E-state index contributed by atoms with van der Waals surface area (Å²) in [5.74, 6) is 2.01. The molecule has 5 aliphatic carbocycles. The summed E-state index contributed by atoms with van der Waals surface area (Å²) in [5.41, 5.74) is 1.94. The highest BCUT2D eigenvalue weighted by atomic mass is 16.5. The van der Waals surface area contributed by atoms with Crippen LogP contribution in [0.1, 0.15) is 79.1 Å². The van der Waals surface area contributed by atoms with Crippen molar-refractivity contribution in [2.45, 2.75) is 97.2 Å². The van der Waals surface area contributed by atoms with Gasteiger partial charge in [0.2, 0.25) is 0 Å². The lowest BCUT2D eigenvalue weighted by atomic mass is 9.41. The van der Waals surface area contributed by atoms with Crippen LogP contribution in [0.15, 0.2) is 0 Å². The molecule has 0 radical (unpaired) electrons. The maximum absolute atomic E-state index is 11.5. The van der Waals surface area contributed by atoms with Gasteiger partial charge in [-0.2, -0.15) is 0 Å². The fourth-order valence-corrected chi connectivity index (χ4v) is 11.9. The molecule has 0 bridgehead atoms. The molecule has 6 aliphatic rings. The predicted molar refractivity (Wildman–Crippen MR) is 128 cm³/mol. The molecule has 182 valence electrons.